The molecule has 0 unspecified atom stereocenters. The zero-order chi connectivity index (χ0) is 15.5. The maximum Gasteiger partial charge on any atom is 0.306 e. The molecule has 120 valence electrons. The number of carbonyl (C=O) groups is 2. The summed E-state index contributed by atoms with van der Waals surface area (Å²) in [6.45, 7) is 1.16. The van der Waals surface area contributed by atoms with Gasteiger partial charge in [0.05, 0.1) is 11.7 Å². The predicted molar refractivity (Wildman–Crippen MR) is 76.1 cm³/mol. The first-order chi connectivity index (χ1) is 9.90. The van der Waals surface area contributed by atoms with Crippen LogP contribution in [0.4, 0.5) is 0 Å². The van der Waals surface area contributed by atoms with E-state index in [1.807, 2.05) is 0 Å². The Balaban J connectivity index is 1.70. The fraction of sp³-hybridized carbons (Fsp3) is 0.846. The Morgan fingerprint density at radius 2 is 1.76 bits per heavy atom. The number of aliphatic carboxylic acids is 1. The fourth-order valence-corrected chi connectivity index (χ4v) is 4.52. The molecule has 2 fully saturated rings. The maximum absolute atomic E-state index is 12.0. The molecule has 1 saturated heterocycles. The van der Waals surface area contributed by atoms with Crippen molar-refractivity contribution < 1.29 is 23.1 Å². The summed E-state index contributed by atoms with van der Waals surface area (Å²) in [5.74, 6) is -1.15. The molecule has 1 heterocycles. The fourth-order valence-electron chi connectivity index (χ4n) is 2.99. The highest BCUT2D eigenvalue weighted by molar-refractivity contribution is 7.89. The van der Waals surface area contributed by atoms with Gasteiger partial charge in [-0.3, -0.25) is 9.59 Å². The molecule has 1 saturated carbocycles. The van der Waals surface area contributed by atoms with Crippen LogP contribution in [-0.2, 0) is 19.6 Å². The first kappa shape index (κ1) is 16.2. The van der Waals surface area contributed by atoms with E-state index in [2.05, 4.69) is 5.32 Å². The van der Waals surface area contributed by atoms with Crippen LogP contribution in [0.3, 0.4) is 0 Å². The second-order valence-electron chi connectivity index (χ2n) is 5.75. The average molecular weight is 318 g/mol. The van der Waals surface area contributed by atoms with Gasteiger partial charge in [-0.2, -0.15) is 0 Å². The highest BCUT2D eigenvalue weighted by Crippen LogP contribution is 2.28. The third kappa shape index (κ3) is 4.16. The summed E-state index contributed by atoms with van der Waals surface area (Å²) in [7, 11) is -3.11. The third-order valence-corrected chi connectivity index (χ3v) is 6.27. The van der Waals surface area contributed by atoms with Crippen LogP contribution in [-0.4, -0.2) is 55.1 Å². The molecule has 8 heteroatoms. The van der Waals surface area contributed by atoms with E-state index in [1.165, 1.54) is 4.31 Å². The van der Waals surface area contributed by atoms with Crippen molar-refractivity contribution in [2.75, 3.05) is 25.4 Å². The van der Waals surface area contributed by atoms with Gasteiger partial charge in [0.15, 0.2) is 0 Å². The molecule has 0 radical (unpaired) electrons. The SMILES string of the molecule is O=C(O)C1CCC(C(=O)NCCN2CCCS2(=O)=O)CC1. The number of rotatable bonds is 5. The van der Waals surface area contributed by atoms with E-state index >= 15 is 0 Å². The number of nitrogens with zero attached hydrogens (tertiary/aromatic N) is 1. The zero-order valence-corrected chi connectivity index (χ0v) is 12.8. The lowest BCUT2D eigenvalue weighted by Crippen LogP contribution is -2.39. The number of hydrogen-bond acceptors (Lipinski definition) is 4. The third-order valence-electron chi connectivity index (χ3n) is 4.31. The van der Waals surface area contributed by atoms with Gasteiger partial charge in [0, 0.05) is 25.6 Å². The summed E-state index contributed by atoms with van der Waals surface area (Å²) < 4.78 is 24.6. The molecule has 0 atom stereocenters. The van der Waals surface area contributed by atoms with E-state index in [0.717, 1.165) is 0 Å². The van der Waals surface area contributed by atoms with Crippen molar-refractivity contribution in [3.8, 4) is 0 Å². The van der Waals surface area contributed by atoms with Gasteiger partial charge in [-0.05, 0) is 32.1 Å². The maximum atomic E-state index is 12.0. The Labute approximate surface area is 124 Å². The second-order valence-corrected chi connectivity index (χ2v) is 7.83. The summed E-state index contributed by atoms with van der Waals surface area (Å²) in [6, 6.07) is 0. The van der Waals surface area contributed by atoms with Gasteiger partial charge in [-0.25, -0.2) is 12.7 Å². The van der Waals surface area contributed by atoms with Crippen LogP contribution in [0.5, 0.6) is 0 Å². The molecule has 7 nitrogen and oxygen atoms in total. The number of carboxylic acids is 1. The lowest BCUT2D eigenvalue weighted by atomic mass is 9.81. The summed E-state index contributed by atoms with van der Waals surface area (Å²) >= 11 is 0. The molecule has 1 amide bonds. The normalized spacial score (nSPS) is 29.1. The number of amides is 1. The quantitative estimate of drug-likeness (QED) is 0.744. The minimum atomic E-state index is -3.11. The Morgan fingerprint density at radius 3 is 2.29 bits per heavy atom. The van der Waals surface area contributed by atoms with E-state index in [9.17, 15) is 18.0 Å². The highest BCUT2D eigenvalue weighted by atomic mass is 32.2. The number of hydrogen-bond donors (Lipinski definition) is 2. The molecule has 1 aliphatic heterocycles. The summed E-state index contributed by atoms with van der Waals surface area (Å²) in [4.78, 5) is 22.8. The van der Waals surface area contributed by atoms with Gasteiger partial charge < -0.3 is 10.4 Å². The largest absolute Gasteiger partial charge is 0.481 e. The van der Waals surface area contributed by atoms with Crippen LogP contribution in [0.1, 0.15) is 32.1 Å². The lowest BCUT2D eigenvalue weighted by Gasteiger charge is -2.25. The van der Waals surface area contributed by atoms with Crippen LogP contribution in [0.15, 0.2) is 0 Å². The van der Waals surface area contributed by atoms with Crippen molar-refractivity contribution in [3.05, 3.63) is 0 Å². The molecule has 1 aliphatic carbocycles. The molecular weight excluding hydrogens is 296 g/mol. The monoisotopic (exact) mass is 318 g/mol. The number of carboxylic acid groups (broad SMARTS) is 1. The molecule has 0 bridgehead atoms. The van der Waals surface area contributed by atoms with Crippen molar-refractivity contribution >= 4 is 21.9 Å². The van der Waals surface area contributed by atoms with Crippen LogP contribution < -0.4 is 5.32 Å². The Morgan fingerprint density at radius 1 is 1.14 bits per heavy atom. The van der Waals surface area contributed by atoms with E-state index in [4.69, 9.17) is 5.11 Å². The van der Waals surface area contributed by atoms with E-state index in [-0.39, 0.29) is 23.5 Å². The van der Waals surface area contributed by atoms with Crippen LogP contribution in [0.25, 0.3) is 0 Å². The molecule has 0 aromatic carbocycles. The van der Waals surface area contributed by atoms with Crippen LogP contribution in [0, 0.1) is 11.8 Å². The van der Waals surface area contributed by atoms with Crippen molar-refractivity contribution in [2.45, 2.75) is 32.1 Å². The number of nitrogens with one attached hydrogen (secondary N) is 1. The molecule has 2 rings (SSSR count). The van der Waals surface area contributed by atoms with Crippen molar-refractivity contribution in [1.29, 1.82) is 0 Å². The van der Waals surface area contributed by atoms with E-state index in [1.54, 1.807) is 0 Å². The van der Waals surface area contributed by atoms with Crippen molar-refractivity contribution in [3.63, 3.8) is 0 Å². The molecule has 0 aromatic heterocycles. The van der Waals surface area contributed by atoms with Crippen LogP contribution in [0.2, 0.25) is 0 Å². The van der Waals surface area contributed by atoms with Crippen molar-refractivity contribution in [2.24, 2.45) is 11.8 Å². The van der Waals surface area contributed by atoms with Gasteiger partial charge in [0.25, 0.3) is 0 Å². The van der Waals surface area contributed by atoms with E-state index < -0.39 is 16.0 Å². The minimum Gasteiger partial charge on any atom is -0.481 e. The Bertz CT molecular complexity index is 497. The summed E-state index contributed by atoms with van der Waals surface area (Å²) in [5, 5.41) is 11.7. The van der Waals surface area contributed by atoms with Gasteiger partial charge in [-0.1, -0.05) is 0 Å². The number of carbonyl (C=O) groups excluding carboxylic acids is 1. The minimum absolute atomic E-state index is 0.0876. The number of sulfonamides is 1. The van der Waals surface area contributed by atoms with E-state index in [0.29, 0.717) is 51.7 Å². The molecular formula is C13H22N2O5S. The topological polar surface area (TPSA) is 104 Å². The molecule has 0 aromatic rings. The van der Waals surface area contributed by atoms with Gasteiger partial charge in [0.2, 0.25) is 15.9 Å². The Kier molecular flexibility index (Phi) is 5.21. The van der Waals surface area contributed by atoms with Crippen molar-refractivity contribution in [1.82, 2.24) is 9.62 Å². The molecule has 2 N–H and O–H groups in total. The Hall–Kier alpha value is -1.15. The first-order valence-corrected chi connectivity index (χ1v) is 8.99. The molecule has 2 aliphatic rings. The first-order valence-electron chi connectivity index (χ1n) is 7.38. The average Bonchev–Trinajstić information content (AvgIpc) is 2.78. The summed E-state index contributed by atoms with van der Waals surface area (Å²) in [6.07, 6.45) is 2.90. The molecule has 0 spiro atoms. The van der Waals surface area contributed by atoms with Gasteiger partial charge >= 0.3 is 5.97 Å². The second kappa shape index (κ2) is 6.74. The highest BCUT2D eigenvalue weighted by Gasteiger charge is 2.30. The molecule has 21 heavy (non-hydrogen) atoms. The van der Waals surface area contributed by atoms with Gasteiger partial charge in [0.1, 0.15) is 0 Å². The van der Waals surface area contributed by atoms with Crippen LogP contribution >= 0.6 is 0 Å². The lowest BCUT2D eigenvalue weighted by molar-refractivity contribution is -0.144. The smallest absolute Gasteiger partial charge is 0.306 e. The van der Waals surface area contributed by atoms with Gasteiger partial charge in [-0.15, -0.1) is 0 Å². The predicted octanol–water partition coefficient (Wildman–Crippen LogP) is 0.0291. The zero-order valence-electron chi connectivity index (χ0n) is 12.0. The standard InChI is InChI=1S/C13H22N2O5S/c16-12(10-2-4-11(5-3-10)13(17)18)14-6-8-15-7-1-9-21(15,19)20/h10-11H,1-9H2,(H,14,16)(H,17,18). The summed E-state index contributed by atoms with van der Waals surface area (Å²) in [5.41, 5.74) is 0.